The molecule has 1 aromatic heterocycles. The Morgan fingerprint density at radius 1 is 1.17 bits per heavy atom. The Bertz CT molecular complexity index is 809. The van der Waals surface area contributed by atoms with Crippen LogP contribution in [0.25, 0.3) is 0 Å². The molecule has 1 heterocycles. The molecule has 0 atom stereocenters. The SMILES string of the molecule is CS(=O)(=O)N(CC(=O)Nc1c(F)cccc1F)Cc1ccncc1. The van der Waals surface area contributed by atoms with Crippen molar-refractivity contribution in [1.82, 2.24) is 9.29 Å². The molecule has 1 amide bonds. The van der Waals surface area contributed by atoms with E-state index in [1.165, 1.54) is 12.4 Å². The van der Waals surface area contributed by atoms with Crippen LogP contribution in [0.1, 0.15) is 5.56 Å². The first kappa shape index (κ1) is 18.0. The largest absolute Gasteiger partial charge is 0.320 e. The molecule has 9 heteroatoms. The van der Waals surface area contributed by atoms with E-state index in [0.717, 1.165) is 28.8 Å². The van der Waals surface area contributed by atoms with Gasteiger partial charge in [0.15, 0.2) is 0 Å². The Kier molecular flexibility index (Phi) is 5.58. The van der Waals surface area contributed by atoms with Gasteiger partial charge in [-0.15, -0.1) is 0 Å². The number of hydrogen-bond acceptors (Lipinski definition) is 4. The first-order chi connectivity index (χ1) is 11.3. The van der Waals surface area contributed by atoms with Crippen LogP contribution in [-0.2, 0) is 21.4 Å². The fraction of sp³-hybridized carbons (Fsp3) is 0.200. The minimum atomic E-state index is -3.71. The summed E-state index contributed by atoms with van der Waals surface area (Å²) in [5, 5.41) is 2.06. The maximum Gasteiger partial charge on any atom is 0.239 e. The summed E-state index contributed by atoms with van der Waals surface area (Å²) in [5.41, 5.74) is 0.0140. The van der Waals surface area contributed by atoms with Gasteiger partial charge in [0, 0.05) is 18.9 Å². The van der Waals surface area contributed by atoms with Crippen molar-refractivity contribution in [2.75, 3.05) is 18.1 Å². The van der Waals surface area contributed by atoms with E-state index < -0.39 is 39.8 Å². The van der Waals surface area contributed by atoms with Crippen LogP contribution in [0, 0.1) is 11.6 Å². The number of benzene rings is 1. The fourth-order valence-electron chi connectivity index (χ4n) is 1.94. The molecule has 2 rings (SSSR count). The fourth-order valence-corrected chi connectivity index (χ4v) is 2.67. The number of rotatable bonds is 6. The highest BCUT2D eigenvalue weighted by molar-refractivity contribution is 7.88. The van der Waals surface area contributed by atoms with Crippen LogP contribution >= 0.6 is 0 Å². The average molecular weight is 355 g/mol. The second kappa shape index (κ2) is 7.45. The lowest BCUT2D eigenvalue weighted by molar-refractivity contribution is -0.116. The highest BCUT2D eigenvalue weighted by Gasteiger charge is 2.22. The summed E-state index contributed by atoms with van der Waals surface area (Å²) in [6, 6.07) is 6.35. The van der Waals surface area contributed by atoms with Gasteiger partial charge in [-0.2, -0.15) is 4.31 Å². The number of nitrogens with one attached hydrogen (secondary N) is 1. The topological polar surface area (TPSA) is 79.4 Å². The van der Waals surface area contributed by atoms with Gasteiger partial charge in [-0.05, 0) is 29.8 Å². The van der Waals surface area contributed by atoms with Gasteiger partial charge in [-0.1, -0.05) is 6.07 Å². The Morgan fingerprint density at radius 3 is 2.29 bits per heavy atom. The number of aromatic nitrogens is 1. The number of carbonyl (C=O) groups excluding carboxylic acids is 1. The maximum atomic E-state index is 13.5. The molecular weight excluding hydrogens is 340 g/mol. The standard InChI is InChI=1S/C15H15F2N3O3S/c1-24(22,23)20(9-11-5-7-18-8-6-11)10-14(21)19-15-12(16)3-2-4-13(15)17/h2-8H,9-10H2,1H3,(H,19,21). The molecule has 128 valence electrons. The van der Waals surface area contributed by atoms with Gasteiger partial charge in [0.25, 0.3) is 0 Å². The molecule has 0 radical (unpaired) electrons. The van der Waals surface area contributed by atoms with E-state index in [-0.39, 0.29) is 6.54 Å². The summed E-state index contributed by atoms with van der Waals surface area (Å²) >= 11 is 0. The molecule has 0 saturated heterocycles. The van der Waals surface area contributed by atoms with Crippen molar-refractivity contribution in [2.24, 2.45) is 0 Å². The summed E-state index contributed by atoms with van der Waals surface area (Å²) < 4.78 is 51.6. The minimum Gasteiger partial charge on any atom is -0.320 e. The normalized spacial score (nSPS) is 11.5. The number of carbonyl (C=O) groups is 1. The lowest BCUT2D eigenvalue weighted by Crippen LogP contribution is -2.37. The molecular formula is C15H15F2N3O3S. The zero-order valence-corrected chi connectivity index (χ0v) is 13.6. The van der Waals surface area contributed by atoms with E-state index in [4.69, 9.17) is 0 Å². The quantitative estimate of drug-likeness (QED) is 0.856. The highest BCUT2D eigenvalue weighted by atomic mass is 32.2. The second-order valence-electron chi connectivity index (χ2n) is 5.03. The number of nitrogens with zero attached hydrogens (tertiary/aromatic N) is 2. The van der Waals surface area contributed by atoms with Crippen LogP contribution in [-0.4, -0.2) is 36.4 Å². The van der Waals surface area contributed by atoms with Crippen molar-refractivity contribution in [3.8, 4) is 0 Å². The number of halogens is 2. The van der Waals surface area contributed by atoms with Gasteiger partial charge in [0.2, 0.25) is 15.9 Å². The molecule has 1 aromatic carbocycles. The molecule has 0 aliphatic carbocycles. The molecule has 0 aliphatic rings. The first-order valence-electron chi connectivity index (χ1n) is 6.85. The lowest BCUT2D eigenvalue weighted by atomic mass is 10.2. The third kappa shape index (κ3) is 4.80. The van der Waals surface area contributed by atoms with Crippen LogP contribution in [0.2, 0.25) is 0 Å². The van der Waals surface area contributed by atoms with E-state index in [2.05, 4.69) is 10.3 Å². The lowest BCUT2D eigenvalue weighted by Gasteiger charge is -2.19. The summed E-state index contributed by atoms with van der Waals surface area (Å²) in [6.07, 6.45) is 3.93. The Hall–Kier alpha value is -2.39. The molecule has 6 nitrogen and oxygen atoms in total. The minimum absolute atomic E-state index is 0.0610. The van der Waals surface area contributed by atoms with Crippen molar-refractivity contribution in [1.29, 1.82) is 0 Å². The van der Waals surface area contributed by atoms with Crippen LogP contribution in [0.3, 0.4) is 0 Å². The zero-order valence-electron chi connectivity index (χ0n) is 12.7. The van der Waals surface area contributed by atoms with Crippen LogP contribution < -0.4 is 5.32 Å². The van der Waals surface area contributed by atoms with Crippen molar-refractivity contribution >= 4 is 21.6 Å². The van der Waals surface area contributed by atoms with Crippen LogP contribution in [0.15, 0.2) is 42.7 Å². The third-order valence-electron chi connectivity index (χ3n) is 3.12. The zero-order chi connectivity index (χ0) is 17.7. The second-order valence-corrected chi connectivity index (χ2v) is 7.01. The molecule has 2 aromatic rings. The summed E-state index contributed by atoms with van der Waals surface area (Å²) in [4.78, 5) is 15.8. The number of anilines is 1. The number of para-hydroxylation sites is 1. The van der Waals surface area contributed by atoms with E-state index in [1.807, 2.05) is 0 Å². The van der Waals surface area contributed by atoms with E-state index >= 15 is 0 Å². The monoisotopic (exact) mass is 355 g/mol. The number of amides is 1. The number of hydrogen-bond donors (Lipinski definition) is 1. The summed E-state index contributed by atoms with van der Waals surface area (Å²) in [5.74, 6) is -2.73. The molecule has 0 unspecified atom stereocenters. The third-order valence-corrected chi connectivity index (χ3v) is 4.32. The molecule has 0 fully saturated rings. The van der Waals surface area contributed by atoms with Crippen molar-refractivity contribution in [3.05, 3.63) is 59.9 Å². The van der Waals surface area contributed by atoms with Gasteiger partial charge < -0.3 is 5.32 Å². The van der Waals surface area contributed by atoms with Gasteiger partial charge in [0.1, 0.15) is 17.3 Å². The van der Waals surface area contributed by atoms with Crippen molar-refractivity contribution in [2.45, 2.75) is 6.54 Å². The predicted molar refractivity (Wildman–Crippen MR) is 84.5 cm³/mol. The van der Waals surface area contributed by atoms with Crippen LogP contribution in [0.4, 0.5) is 14.5 Å². The Balaban J connectivity index is 2.13. The molecule has 1 N–H and O–H groups in total. The van der Waals surface area contributed by atoms with Crippen molar-refractivity contribution < 1.29 is 22.0 Å². The number of sulfonamides is 1. The average Bonchev–Trinajstić information content (AvgIpc) is 2.50. The molecule has 0 spiro atoms. The van der Waals surface area contributed by atoms with Crippen molar-refractivity contribution in [3.63, 3.8) is 0 Å². The summed E-state index contributed by atoms with van der Waals surface area (Å²) in [7, 11) is -3.71. The van der Waals surface area contributed by atoms with Gasteiger partial charge in [-0.3, -0.25) is 9.78 Å². The maximum absolute atomic E-state index is 13.5. The Morgan fingerprint density at radius 2 is 1.75 bits per heavy atom. The molecule has 0 bridgehead atoms. The van der Waals surface area contributed by atoms with Gasteiger partial charge in [-0.25, -0.2) is 17.2 Å². The van der Waals surface area contributed by atoms with E-state index in [1.54, 1.807) is 12.1 Å². The first-order valence-corrected chi connectivity index (χ1v) is 8.70. The highest BCUT2D eigenvalue weighted by Crippen LogP contribution is 2.18. The number of pyridine rings is 1. The van der Waals surface area contributed by atoms with Gasteiger partial charge >= 0.3 is 0 Å². The summed E-state index contributed by atoms with van der Waals surface area (Å²) in [6.45, 7) is -0.635. The Labute approximate surface area is 138 Å². The van der Waals surface area contributed by atoms with Crippen LogP contribution in [0.5, 0.6) is 0 Å². The van der Waals surface area contributed by atoms with E-state index in [0.29, 0.717) is 5.56 Å². The smallest absolute Gasteiger partial charge is 0.239 e. The predicted octanol–water partition coefficient (Wildman–Crippen LogP) is 1.76. The molecule has 0 aliphatic heterocycles. The molecule has 0 saturated carbocycles. The van der Waals surface area contributed by atoms with E-state index in [9.17, 15) is 22.0 Å². The molecule has 24 heavy (non-hydrogen) atoms. The van der Waals surface area contributed by atoms with Gasteiger partial charge in [0.05, 0.1) is 12.8 Å².